The van der Waals surface area contributed by atoms with Crippen LogP contribution in [0.1, 0.15) is 110 Å². The van der Waals surface area contributed by atoms with Crippen LogP contribution in [0.2, 0.25) is 0 Å². The Hall–Kier alpha value is -0.790. The Labute approximate surface area is 138 Å². The van der Waals surface area contributed by atoms with Gasteiger partial charge in [-0.3, -0.25) is 4.79 Å². The van der Waals surface area contributed by atoms with Gasteiger partial charge in [0, 0.05) is 6.42 Å². The SMILES string of the molecule is CCCC/C=C\CCCCCCCCCCCCCC(=O)O. The summed E-state index contributed by atoms with van der Waals surface area (Å²) in [4.78, 5) is 10.4. The lowest BCUT2D eigenvalue weighted by Crippen LogP contribution is -1.93. The zero-order valence-corrected chi connectivity index (χ0v) is 14.8. The minimum atomic E-state index is -0.656. The van der Waals surface area contributed by atoms with E-state index >= 15 is 0 Å². The average molecular weight is 311 g/mol. The molecule has 0 radical (unpaired) electrons. The molecule has 0 spiro atoms. The number of allylic oxidation sites excluding steroid dienone is 2. The summed E-state index contributed by atoms with van der Waals surface area (Å²) in [5.41, 5.74) is 0. The van der Waals surface area contributed by atoms with E-state index in [1.807, 2.05) is 0 Å². The molecule has 0 atom stereocenters. The monoisotopic (exact) mass is 310 g/mol. The van der Waals surface area contributed by atoms with Gasteiger partial charge in [0.1, 0.15) is 0 Å². The van der Waals surface area contributed by atoms with Crippen molar-refractivity contribution in [2.45, 2.75) is 110 Å². The van der Waals surface area contributed by atoms with E-state index < -0.39 is 5.97 Å². The van der Waals surface area contributed by atoms with Gasteiger partial charge in [0.05, 0.1) is 0 Å². The first-order valence-electron chi connectivity index (χ1n) is 9.64. The van der Waals surface area contributed by atoms with Crippen molar-refractivity contribution in [1.29, 1.82) is 0 Å². The van der Waals surface area contributed by atoms with Crippen LogP contribution in [0.5, 0.6) is 0 Å². The number of carbonyl (C=O) groups is 1. The Balaban J connectivity index is 3.02. The van der Waals surface area contributed by atoms with Gasteiger partial charge in [-0.2, -0.15) is 0 Å². The summed E-state index contributed by atoms with van der Waals surface area (Å²) in [6.45, 7) is 2.24. The fourth-order valence-corrected chi connectivity index (χ4v) is 2.69. The molecule has 0 fully saturated rings. The van der Waals surface area contributed by atoms with Crippen LogP contribution in [0.25, 0.3) is 0 Å². The lowest BCUT2D eigenvalue weighted by atomic mass is 10.0. The Morgan fingerprint density at radius 3 is 1.55 bits per heavy atom. The molecule has 0 aromatic heterocycles. The van der Waals surface area contributed by atoms with Crippen molar-refractivity contribution < 1.29 is 9.90 Å². The molecule has 0 amide bonds. The number of aliphatic carboxylic acids is 1. The molecule has 2 heteroatoms. The Morgan fingerprint density at radius 2 is 1.09 bits per heavy atom. The highest BCUT2D eigenvalue weighted by Crippen LogP contribution is 2.12. The molecule has 2 nitrogen and oxygen atoms in total. The van der Waals surface area contributed by atoms with Gasteiger partial charge in [-0.25, -0.2) is 0 Å². The molecule has 0 saturated heterocycles. The first-order chi connectivity index (χ1) is 10.8. The molecule has 0 aliphatic rings. The van der Waals surface area contributed by atoms with Crippen LogP contribution in [-0.2, 0) is 4.79 Å². The molecule has 0 unspecified atom stereocenters. The zero-order valence-electron chi connectivity index (χ0n) is 14.8. The Bertz CT molecular complexity index is 258. The lowest BCUT2D eigenvalue weighted by Gasteiger charge is -2.02. The van der Waals surface area contributed by atoms with E-state index in [0.29, 0.717) is 6.42 Å². The van der Waals surface area contributed by atoms with Gasteiger partial charge in [-0.15, -0.1) is 0 Å². The predicted molar refractivity (Wildman–Crippen MR) is 96.3 cm³/mol. The molecular formula is C20H38O2. The van der Waals surface area contributed by atoms with Crippen molar-refractivity contribution in [2.24, 2.45) is 0 Å². The molecule has 0 bridgehead atoms. The smallest absolute Gasteiger partial charge is 0.303 e. The third kappa shape index (κ3) is 19.2. The third-order valence-corrected chi connectivity index (χ3v) is 4.15. The van der Waals surface area contributed by atoms with E-state index in [4.69, 9.17) is 5.11 Å². The summed E-state index contributed by atoms with van der Waals surface area (Å²) in [5.74, 6) is -0.656. The van der Waals surface area contributed by atoms with E-state index in [1.54, 1.807) is 0 Å². The van der Waals surface area contributed by atoms with Crippen molar-refractivity contribution in [2.75, 3.05) is 0 Å². The maximum Gasteiger partial charge on any atom is 0.303 e. The fourth-order valence-electron chi connectivity index (χ4n) is 2.69. The van der Waals surface area contributed by atoms with Crippen molar-refractivity contribution in [3.8, 4) is 0 Å². The molecule has 0 aromatic rings. The van der Waals surface area contributed by atoms with Gasteiger partial charge in [0.15, 0.2) is 0 Å². The van der Waals surface area contributed by atoms with Crippen LogP contribution in [0, 0.1) is 0 Å². The van der Waals surface area contributed by atoms with E-state index in [-0.39, 0.29) is 0 Å². The first-order valence-corrected chi connectivity index (χ1v) is 9.64. The molecular weight excluding hydrogens is 272 g/mol. The second kappa shape index (κ2) is 18.3. The molecule has 0 aromatic carbocycles. The van der Waals surface area contributed by atoms with Gasteiger partial charge in [0.2, 0.25) is 0 Å². The summed E-state index contributed by atoms with van der Waals surface area (Å²) in [7, 11) is 0. The van der Waals surface area contributed by atoms with Crippen molar-refractivity contribution in [3.63, 3.8) is 0 Å². The average Bonchev–Trinajstić information content (AvgIpc) is 2.50. The number of carboxylic acid groups (broad SMARTS) is 1. The van der Waals surface area contributed by atoms with E-state index in [2.05, 4.69) is 19.1 Å². The molecule has 22 heavy (non-hydrogen) atoms. The standard InChI is InChI=1S/C20H38O2/c1-2-3-4-5-6-7-8-9-10-11-12-13-14-15-16-17-18-19-20(21)22/h5-6H,2-4,7-19H2,1H3,(H,21,22)/b6-5-. The number of hydrogen-bond acceptors (Lipinski definition) is 1. The zero-order chi connectivity index (χ0) is 16.3. The molecule has 130 valence electrons. The highest BCUT2D eigenvalue weighted by Gasteiger charge is 1.96. The minimum Gasteiger partial charge on any atom is -0.481 e. The molecule has 0 aliphatic heterocycles. The van der Waals surface area contributed by atoms with Gasteiger partial charge < -0.3 is 5.11 Å². The molecule has 0 heterocycles. The summed E-state index contributed by atoms with van der Waals surface area (Å²) < 4.78 is 0. The largest absolute Gasteiger partial charge is 0.481 e. The van der Waals surface area contributed by atoms with Gasteiger partial charge in [-0.05, 0) is 25.7 Å². The number of hydrogen-bond donors (Lipinski definition) is 1. The summed E-state index contributed by atoms with van der Waals surface area (Å²) in [6, 6.07) is 0. The number of unbranched alkanes of at least 4 members (excludes halogenated alkanes) is 13. The van der Waals surface area contributed by atoms with Crippen molar-refractivity contribution in [3.05, 3.63) is 12.2 Å². The molecule has 0 aliphatic carbocycles. The predicted octanol–water partition coefficient (Wildman–Crippen LogP) is 6.89. The quantitative estimate of drug-likeness (QED) is 0.234. The maximum absolute atomic E-state index is 10.4. The molecule has 0 saturated carbocycles. The number of rotatable bonds is 17. The topological polar surface area (TPSA) is 37.3 Å². The van der Waals surface area contributed by atoms with Crippen molar-refractivity contribution >= 4 is 5.97 Å². The van der Waals surface area contributed by atoms with Crippen molar-refractivity contribution in [1.82, 2.24) is 0 Å². The molecule has 1 N–H and O–H groups in total. The summed E-state index contributed by atoms with van der Waals surface area (Å²) in [5, 5.41) is 8.54. The third-order valence-electron chi connectivity index (χ3n) is 4.15. The second-order valence-corrected chi connectivity index (χ2v) is 6.44. The van der Waals surface area contributed by atoms with Gasteiger partial charge >= 0.3 is 5.97 Å². The normalized spacial score (nSPS) is 11.3. The summed E-state index contributed by atoms with van der Waals surface area (Å²) in [6.07, 6.45) is 24.2. The van der Waals surface area contributed by atoms with Crippen LogP contribution in [0.4, 0.5) is 0 Å². The highest BCUT2D eigenvalue weighted by molar-refractivity contribution is 5.66. The van der Waals surface area contributed by atoms with E-state index in [0.717, 1.165) is 12.8 Å². The van der Waals surface area contributed by atoms with Gasteiger partial charge in [0.25, 0.3) is 0 Å². The fraction of sp³-hybridized carbons (Fsp3) is 0.850. The number of carboxylic acids is 1. The van der Waals surface area contributed by atoms with E-state index in [1.165, 1.54) is 83.5 Å². The Morgan fingerprint density at radius 1 is 0.682 bits per heavy atom. The van der Waals surface area contributed by atoms with Crippen LogP contribution in [0.3, 0.4) is 0 Å². The maximum atomic E-state index is 10.4. The van der Waals surface area contributed by atoms with Crippen LogP contribution in [-0.4, -0.2) is 11.1 Å². The summed E-state index contributed by atoms with van der Waals surface area (Å²) >= 11 is 0. The lowest BCUT2D eigenvalue weighted by molar-refractivity contribution is -0.137. The second-order valence-electron chi connectivity index (χ2n) is 6.44. The van der Waals surface area contributed by atoms with Crippen LogP contribution >= 0.6 is 0 Å². The molecule has 0 rings (SSSR count). The van der Waals surface area contributed by atoms with Crippen LogP contribution < -0.4 is 0 Å². The van der Waals surface area contributed by atoms with E-state index in [9.17, 15) is 4.79 Å². The first kappa shape index (κ1) is 21.2. The minimum absolute atomic E-state index is 0.341. The Kier molecular flexibility index (Phi) is 17.6. The van der Waals surface area contributed by atoms with Crippen LogP contribution in [0.15, 0.2) is 12.2 Å². The van der Waals surface area contributed by atoms with Gasteiger partial charge in [-0.1, -0.05) is 89.7 Å². The highest BCUT2D eigenvalue weighted by atomic mass is 16.4.